The predicted octanol–water partition coefficient (Wildman–Crippen LogP) is 2.33. The van der Waals surface area contributed by atoms with E-state index in [9.17, 15) is 0 Å². The first kappa shape index (κ1) is 8.85. The molecule has 1 fully saturated rings. The molecular formula is C10H13ClN2. The van der Waals surface area contributed by atoms with Gasteiger partial charge in [0, 0.05) is 16.8 Å². The predicted molar refractivity (Wildman–Crippen MR) is 55.5 cm³/mol. The van der Waals surface area contributed by atoms with Crippen molar-refractivity contribution in [2.45, 2.75) is 18.9 Å². The Morgan fingerprint density at radius 2 is 2.08 bits per heavy atom. The number of halogens is 1. The van der Waals surface area contributed by atoms with Gasteiger partial charge in [0.05, 0.1) is 0 Å². The maximum atomic E-state index is 6.03. The molecule has 2 rings (SSSR count). The van der Waals surface area contributed by atoms with Gasteiger partial charge in [0.15, 0.2) is 0 Å². The number of rotatable bonds is 2. The molecule has 0 spiro atoms. The summed E-state index contributed by atoms with van der Waals surface area (Å²) in [5.41, 5.74) is 13.6. The molecular weight excluding hydrogens is 184 g/mol. The first-order valence-electron chi connectivity index (χ1n) is 4.49. The van der Waals surface area contributed by atoms with Gasteiger partial charge in [0.2, 0.25) is 0 Å². The Balaban J connectivity index is 2.31. The molecule has 70 valence electrons. The van der Waals surface area contributed by atoms with Crippen LogP contribution in [0.2, 0.25) is 5.02 Å². The van der Waals surface area contributed by atoms with Crippen LogP contribution in [-0.2, 0) is 0 Å². The number of anilines is 1. The summed E-state index contributed by atoms with van der Waals surface area (Å²) in [6.07, 6.45) is 2.43. The van der Waals surface area contributed by atoms with E-state index in [-0.39, 0.29) is 6.04 Å². The van der Waals surface area contributed by atoms with E-state index < -0.39 is 0 Å². The standard InChI is InChI=1S/C10H13ClN2/c11-7-3-4-9(12)8(5-7)10(13)6-1-2-6/h3-6,10H,1-2,12-13H2/t10-/m1/s1. The van der Waals surface area contributed by atoms with Gasteiger partial charge in [-0.1, -0.05) is 11.6 Å². The number of hydrogen-bond acceptors (Lipinski definition) is 2. The topological polar surface area (TPSA) is 52.0 Å². The Morgan fingerprint density at radius 3 is 2.69 bits per heavy atom. The first-order valence-corrected chi connectivity index (χ1v) is 4.87. The highest BCUT2D eigenvalue weighted by Gasteiger charge is 2.30. The van der Waals surface area contributed by atoms with Crippen molar-refractivity contribution in [2.75, 3.05) is 5.73 Å². The quantitative estimate of drug-likeness (QED) is 0.714. The lowest BCUT2D eigenvalue weighted by Gasteiger charge is -2.13. The van der Waals surface area contributed by atoms with E-state index >= 15 is 0 Å². The van der Waals surface area contributed by atoms with Crippen LogP contribution in [0.25, 0.3) is 0 Å². The average molecular weight is 197 g/mol. The maximum Gasteiger partial charge on any atom is 0.0410 e. The molecule has 2 nitrogen and oxygen atoms in total. The number of benzene rings is 1. The minimum atomic E-state index is 0.0682. The monoisotopic (exact) mass is 196 g/mol. The van der Waals surface area contributed by atoms with E-state index in [4.69, 9.17) is 23.1 Å². The zero-order valence-corrected chi connectivity index (χ0v) is 8.09. The van der Waals surface area contributed by atoms with Crippen molar-refractivity contribution < 1.29 is 0 Å². The fourth-order valence-corrected chi connectivity index (χ4v) is 1.72. The van der Waals surface area contributed by atoms with Gasteiger partial charge < -0.3 is 11.5 Å². The van der Waals surface area contributed by atoms with Gasteiger partial charge >= 0.3 is 0 Å². The molecule has 1 aliphatic rings. The zero-order chi connectivity index (χ0) is 9.42. The highest BCUT2D eigenvalue weighted by atomic mass is 35.5. The molecule has 0 aromatic heterocycles. The molecule has 0 heterocycles. The third-order valence-corrected chi connectivity index (χ3v) is 2.77. The van der Waals surface area contributed by atoms with E-state index in [0.717, 1.165) is 11.3 Å². The second-order valence-electron chi connectivity index (χ2n) is 3.64. The third-order valence-electron chi connectivity index (χ3n) is 2.54. The smallest absolute Gasteiger partial charge is 0.0410 e. The van der Waals surface area contributed by atoms with E-state index in [1.54, 1.807) is 6.07 Å². The molecule has 0 bridgehead atoms. The number of nitrogens with two attached hydrogens (primary N) is 2. The summed E-state index contributed by atoms with van der Waals surface area (Å²) in [7, 11) is 0. The summed E-state index contributed by atoms with van der Waals surface area (Å²) in [5, 5.41) is 0.709. The molecule has 1 aromatic carbocycles. The molecule has 1 saturated carbocycles. The highest BCUT2D eigenvalue weighted by molar-refractivity contribution is 6.30. The maximum absolute atomic E-state index is 6.03. The van der Waals surface area contributed by atoms with Gasteiger partial charge in [-0.25, -0.2) is 0 Å². The Hall–Kier alpha value is -0.730. The summed E-state index contributed by atoms with van der Waals surface area (Å²) in [4.78, 5) is 0. The molecule has 0 radical (unpaired) electrons. The second-order valence-corrected chi connectivity index (χ2v) is 4.07. The van der Waals surface area contributed by atoms with Gasteiger partial charge in [0.1, 0.15) is 0 Å². The molecule has 3 heteroatoms. The Bertz CT molecular complexity index is 321. The number of hydrogen-bond donors (Lipinski definition) is 2. The minimum Gasteiger partial charge on any atom is -0.398 e. The molecule has 1 atom stereocenters. The largest absolute Gasteiger partial charge is 0.398 e. The fraction of sp³-hybridized carbons (Fsp3) is 0.400. The van der Waals surface area contributed by atoms with Crippen LogP contribution in [0.1, 0.15) is 24.4 Å². The van der Waals surface area contributed by atoms with Crippen molar-refractivity contribution >= 4 is 17.3 Å². The van der Waals surface area contributed by atoms with Gasteiger partial charge in [-0.05, 0) is 42.5 Å². The van der Waals surface area contributed by atoms with Crippen LogP contribution in [0, 0.1) is 5.92 Å². The van der Waals surface area contributed by atoms with Crippen molar-refractivity contribution in [3.63, 3.8) is 0 Å². The SMILES string of the molecule is Nc1ccc(Cl)cc1[C@H](N)C1CC1. The molecule has 4 N–H and O–H groups in total. The third kappa shape index (κ3) is 1.79. The second kappa shape index (κ2) is 3.20. The van der Waals surface area contributed by atoms with Crippen LogP contribution in [0.3, 0.4) is 0 Å². The van der Waals surface area contributed by atoms with Crippen molar-refractivity contribution in [2.24, 2.45) is 11.7 Å². The van der Waals surface area contributed by atoms with Gasteiger partial charge in [-0.15, -0.1) is 0 Å². The highest BCUT2D eigenvalue weighted by Crippen LogP contribution is 2.41. The summed E-state index contributed by atoms with van der Waals surface area (Å²) in [5.74, 6) is 0.612. The lowest BCUT2D eigenvalue weighted by Crippen LogP contribution is -2.14. The summed E-state index contributed by atoms with van der Waals surface area (Å²) >= 11 is 5.87. The normalized spacial score (nSPS) is 18.6. The Kier molecular flexibility index (Phi) is 2.18. The molecule has 13 heavy (non-hydrogen) atoms. The van der Waals surface area contributed by atoms with Crippen LogP contribution >= 0.6 is 11.6 Å². The van der Waals surface area contributed by atoms with E-state index in [2.05, 4.69) is 0 Å². The van der Waals surface area contributed by atoms with Gasteiger partial charge in [-0.3, -0.25) is 0 Å². The molecule has 0 aliphatic heterocycles. The molecule has 0 saturated heterocycles. The van der Waals surface area contributed by atoms with Crippen LogP contribution in [0.5, 0.6) is 0 Å². The van der Waals surface area contributed by atoms with Gasteiger partial charge in [0.25, 0.3) is 0 Å². The molecule has 1 aromatic rings. The number of nitrogen functional groups attached to an aromatic ring is 1. The van der Waals surface area contributed by atoms with Crippen LogP contribution < -0.4 is 11.5 Å². The van der Waals surface area contributed by atoms with Crippen LogP contribution in [0.4, 0.5) is 5.69 Å². The van der Waals surface area contributed by atoms with Crippen molar-refractivity contribution in [1.82, 2.24) is 0 Å². The van der Waals surface area contributed by atoms with Crippen molar-refractivity contribution in [1.29, 1.82) is 0 Å². The molecule has 0 unspecified atom stereocenters. The zero-order valence-electron chi connectivity index (χ0n) is 7.33. The van der Waals surface area contributed by atoms with Crippen molar-refractivity contribution in [3.05, 3.63) is 28.8 Å². The summed E-state index contributed by atoms with van der Waals surface area (Å²) in [6, 6.07) is 5.55. The van der Waals surface area contributed by atoms with Gasteiger partial charge in [-0.2, -0.15) is 0 Å². The van der Waals surface area contributed by atoms with E-state index in [1.807, 2.05) is 12.1 Å². The van der Waals surface area contributed by atoms with Crippen molar-refractivity contribution in [3.8, 4) is 0 Å². The lowest BCUT2D eigenvalue weighted by molar-refractivity contribution is 0.635. The molecule has 1 aliphatic carbocycles. The fourth-order valence-electron chi connectivity index (χ4n) is 1.54. The Labute approximate surface area is 82.9 Å². The van der Waals surface area contributed by atoms with Crippen LogP contribution in [0.15, 0.2) is 18.2 Å². The minimum absolute atomic E-state index is 0.0682. The van der Waals surface area contributed by atoms with Crippen LogP contribution in [-0.4, -0.2) is 0 Å². The Morgan fingerprint density at radius 1 is 1.38 bits per heavy atom. The summed E-state index contributed by atoms with van der Waals surface area (Å²) < 4.78 is 0. The van der Waals surface area contributed by atoms with E-state index in [1.165, 1.54) is 12.8 Å². The first-order chi connectivity index (χ1) is 6.18. The summed E-state index contributed by atoms with van der Waals surface area (Å²) in [6.45, 7) is 0. The molecule has 0 amide bonds. The lowest BCUT2D eigenvalue weighted by atomic mass is 10.0. The van der Waals surface area contributed by atoms with E-state index in [0.29, 0.717) is 10.9 Å². The average Bonchev–Trinajstić information content (AvgIpc) is 2.91.